The number of Topliss-reactive ketones (excluding diaryl/α,β-unsaturated/α-hetero) is 1. The van der Waals surface area contributed by atoms with Gasteiger partial charge in [-0.1, -0.05) is 72.8 Å². The first kappa shape index (κ1) is 43.6. The van der Waals surface area contributed by atoms with Crippen molar-refractivity contribution in [1.29, 1.82) is 0 Å². The minimum atomic E-state index is -2.25. The largest absolute Gasteiger partial charge is 0.407 e. The molecule has 0 aromatic carbocycles. The van der Waals surface area contributed by atoms with Crippen molar-refractivity contribution in [3.8, 4) is 11.5 Å². The maximum atomic E-state index is 15.7. The Morgan fingerprint density at radius 1 is 1.13 bits per heavy atom. The van der Waals surface area contributed by atoms with Crippen LogP contribution in [0.15, 0.2) is 22.9 Å². The SMILES string of the molecule is CC(=CCC(O[Si](C)(C)C(C)(C)C)C(F)=Cc1csc(C)n1)CCCC(C)C(O)C(CC#C[Si](C)(C)C)C(=O)C(C)(C)C(O)CCO. The van der Waals surface area contributed by atoms with Crippen LogP contribution in [0.3, 0.4) is 0 Å². The van der Waals surface area contributed by atoms with Gasteiger partial charge in [0.05, 0.1) is 28.8 Å². The number of hydrogen-bond acceptors (Lipinski definition) is 7. The first-order valence-corrected chi connectivity index (χ1v) is 24.4. The number of carbonyl (C=O) groups is 1. The molecule has 0 aliphatic rings. The summed E-state index contributed by atoms with van der Waals surface area (Å²) in [6, 6.07) is 0. The molecule has 1 rings (SSSR count). The molecule has 6 nitrogen and oxygen atoms in total. The smallest absolute Gasteiger partial charge is 0.193 e. The van der Waals surface area contributed by atoms with Gasteiger partial charge in [-0.05, 0) is 76.1 Å². The van der Waals surface area contributed by atoms with E-state index >= 15 is 4.39 Å². The van der Waals surface area contributed by atoms with E-state index in [2.05, 4.69) is 76.0 Å². The highest BCUT2D eigenvalue weighted by molar-refractivity contribution is 7.09. The van der Waals surface area contributed by atoms with Crippen molar-refractivity contribution in [2.75, 3.05) is 6.61 Å². The third kappa shape index (κ3) is 14.5. The van der Waals surface area contributed by atoms with Crippen LogP contribution in [0.5, 0.6) is 0 Å². The molecule has 0 saturated heterocycles. The van der Waals surface area contributed by atoms with E-state index in [1.165, 1.54) is 17.4 Å². The molecule has 5 atom stereocenters. The summed E-state index contributed by atoms with van der Waals surface area (Å²) in [5.74, 6) is 1.72. The molecule has 5 unspecified atom stereocenters. The lowest BCUT2D eigenvalue weighted by Gasteiger charge is -2.38. The van der Waals surface area contributed by atoms with Crippen LogP contribution in [-0.4, -0.2) is 67.4 Å². The summed E-state index contributed by atoms with van der Waals surface area (Å²) in [6.07, 6.45) is 3.92. The molecular weight excluding hydrogens is 646 g/mol. The number of rotatable bonds is 18. The van der Waals surface area contributed by atoms with Gasteiger partial charge in [0.25, 0.3) is 0 Å². The van der Waals surface area contributed by atoms with Crippen molar-refractivity contribution in [2.24, 2.45) is 17.3 Å². The number of hydrogen-bond donors (Lipinski definition) is 3. The number of aryl methyl sites for hydroxylation is 1. The average Bonchev–Trinajstić information content (AvgIpc) is 3.35. The van der Waals surface area contributed by atoms with Crippen molar-refractivity contribution in [1.82, 2.24) is 4.98 Å². The van der Waals surface area contributed by atoms with Crippen LogP contribution >= 0.6 is 11.3 Å². The van der Waals surface area contributed by atoms with E-state index in [0.717, 1.165) is 23.4 Å². The number of ketones is 1. The van der Waals surface area contributed by atoms with Crippen LogP contribution < -0.4 is 0 Å². The van der Waals surface area contributed by atoms with Gasteiger partial charge in [-0.2, -0.15) is 0 Å². The quantitative estimate of drug-likeness (QED) is 0.0800. The molecule has 1 aromatic rings. The lowest BCUT2D eigenvalue weighted by atomic mass is 9.71. The summed E-state index contributed by atoms with van der Waals surface area (Å²) in [7, 11) is -3.93. The fraction of sp³-hybridized carbons (Fsp3) is 0.730. The predicted octanol–water partition coefficient (Wildman–Crippen LogP) is 8.88. The second-order valence-corrected chi connectivity index (χ2v) is 26.9. The number of nitrogens with zero attached hydrogens (tertiary/aromatic N) is 1. The van der Waals surface area contributed by atoms with Gasteiger partial charge in [0, 0.05) is 23.8 Å². The Morgan fingerprint density at radius 2 is 1.74 bits per heavy atom. The molecule has 0 spiro atoms. The van der Waals surface area contributed by atoms with Crippen LogP contribution in [0.4, 0.5) is 4.39 Å². The lowest BCUT2D eigenvalue weighted by molar-refractivity contribution is -0.142. The summed E-state index contributed by atoms with van der Waals surface area (Å²) < 4.78 is 22.2. The van der Waals surface area contributed by atoms with Gasteiger partial charge >= 0.3 is 0 Å². The second-order valence-electron chi connectivity index (χ2n) is 16.3. The van der Waals surface area contributed by atoms with Gasteiger partial charge < -0.3 is 19.7 Å². The average molecular weight is 710 g/mol. The standard InChI is InChI=1S/C37H64FNO5SSi2/c1-26(19-20-32(44-47(12,13)36(4,5)6)31(38)24-29-25-45-28(3)39-29)16-14-17-27(2)34(42)30(18-15-23-46(9,10)11)35(43)37(7,8)33(41)21-22-40/h19,24-25,27,30,32-34,40-42H,14,16-18,20-22H2,1-13H3. The van der Waals surface area contributed by atoms with Crippen LogP contribution in [0.2, 0.25) is 37.8 Å². The summed E-state index contributed by atoms with van der Waals surface area (Å²) >= 11 is 1.49. The Bertz CT molecular complexity index is 1270. The fourth-order valence-corrected chi connectivity index (χ4v) is 7.51. The first-order chi connectivity index (χ1) is 21.4. The predicted molar refractivity (Wildman–Crippen MR) is 201 cm³/mol. The highest BCUT2D eigenvalue weighted by Gasteiger charge is 2.43. The second kappa shape index (κ2) is 18.5. The summed E-state index contributed by atoms with van der Waals surface area (Å²) in [4.78, 5) is 18.1. The first-order valence-electron chi connectivity index (χ1n) is 17.1. The van der Waals surface area contributed by atoms with E-state index in [9.17, 15) is 20.1 Å². The van der Waals surface area contributed by atoms with Gasteiger partial charge in [0.15, 0.2) is 8.32 Å². The van der Waals surface area contributed by atoms with Crippen molar-refractivity contribution in [3.05, 3.63) is 33.6 Å². The van der Waals surface area contributed by atoms with Crippen LogP contribution in [0, 0.1) is 35.6 Å². The van der Waals surface area contributed by atoms with Gasteiger partial charge in [0.2, 0.25) is 0 Å². The molecule has 0 bridgehead atoms. The normalized spacial score (nSPS) is 17.0. The van der Waals surface area contributed by atoms with E-state index < -0.39 is 46.0 Å². The van der Waals surface area contributed by atoms with Crippen molar-refractivity contribution < 1.29 is 28.9 Å². The monoisotopic (exact) mass is 709 g/mol. The molecule has 0 aliphatic carbocycles. The number of aliphatic hydroxyl groups excluding tert-OH is 3. The number of carbonyl (C=O) groups excluding carboxylic acids is 1. The highest BCUT2D eigenvalue weighted by atomic mass is 32.1. The van der Waals surface area contributed by atoms with Gasteiger partial charge in [0.1, 0.15) is 25.8 Å². The molecule has 0 fully saturated rings. The number of aromatic nitrogens is 1. The minimum absolute atomic E-state index is 0.0654. The summed E-state index contributed by atoms with van der Waals surface area (Å²) in [5.41, 5.74) is 3.91. The summed E-state index contributed by atoms with van der Waals surface area (Å²) in [5, 5.41) is 34.1. The zero-order valence-electron chi connectivity index (χ0n) is 31.5. The van der Waals surface area contributed by atoms with E-state index in [-0.39, 0.29) is 42.0 Å². The number of thiazole rings is 1. The number of aliphatic hydroxyl groups is 3. The minimum Gasteiger partial charge on any atom is -0.407 e. The molecule has 0 amide bonds. The van der Waals surface area contributed by atoms with Gasteiger partial charge in [-0.15, -0.1) is 22.8 Å². The van der Waals surface area contributed by atoms with Crippen LogP contribution in [0.25, 0.3) is 6.08 Å². The summed E-state index contributed by atoms with van der Waals surface area (Å²) in [6.45, 7) is 26.1. The Kier molecular flexibility index (Phi) is 17.2. The molecule has 1 aromatic heterocycles. The van der Waals surface area contributed by atoms with Gasteiger partial charge in [-0.25, -0.2) is 9.37 Å². The zero-order valence-corrected chi connectivity index (χ0v) is 34.3. The van der Waals surface area contributed by atoms with Crippen LogP contribution in [0.1, 0.15) is 97.7 Å². The van der Waals surface area contributed by atoms with E-state index in [0.29, 0.717) is 18.5 Å². The molecule has 0 aliphatic heterocycles. The molecule has 10 heteroatoms. The Hall–Kier alpha value is -1.46. The highest BCUT2D eigenvalue weighted by Crippen LogP contribution is 2.39. The molecule has 268 valence electrons. The Labute approximate surface area is 291 Å². The Morgan fingerprint density at radius 3 is 2.26 bits per heavy atom. The maximum Gasteiger partial charge on any atom is 0.193 e. The lowest BCUT2D eigenvalue weighted by Crippen LogP contribution is -2.46. The van der Waals surface area contributed by atoms with E-state index in [1.54, 1.807) is 13.8 Å². The van der Waals surface area contributed by atoms with E-state index in [1.807, 2.05) is 26.2 Å². The number of halogens is 1. The third-order valence-electron chi connectivity index (χ3n) is 9.37. The Balaban J connectivity index is 3.06. The molecule has 3 N–H and O–H groups in total. The fourth-order valence-electron chi connectivity index (χ4n) is 5.03. The van der Waals surface area contributed by atoms with E-state index in [4.69, 9.17) is 4.43 Å². The van der Waals surface area contributed by atoms with Crippen molar-refractivity contribution in [3.63, 3.8) is 0 Å². The molecule has 0 radical (unpaired) electrons. The van der Waals surface area contributed by atoms with Crippen molar-refractivity contribution in [2.45, 2.75) is 150 Å². The molecular formula is C37H64FNO5SSi2. The number of allylic oxidation sites excluding steroid dienone is 1. The molecule has 1 heterocycles. The molecule has 47 heavy (non-hydrogen) atoms. The maximum absolute atomic E-state index is 15.7. The molecule has 0 saturated carbocycles. The zero-order chi connectivity index (χ0) is 36.4. The third-order valence-corrected chi connectivity index (χ3v) is 15.6. The van der Waals surface area contributed by atoms with Crippen LogP contribution in [-0.2, 0) is 9.22 Å². The van der Waals surface area contributed by atoms with Crippen molar-refractivity contribution >= 4 is 39.6 Å². The topological polar surface area (TPSA) is 99.9 Å². The van der Waals surface area contributed by atoms with Gasteiger partial charge in [-0.3, -0.25) is 4.79 Å².